The molecule has 1 rings (SSSR count). The summed E-state index contributed by atoms with van der Waals surface area (Å²) in [6, 6.07) is 7.64. The fourth-order valence-corrected chi connectivity index (χ4v) is 2.01. The van der Waals surface area contributed by atoms with Crippen molar-refractivity contribution < 1.29 is 9.66 Å². The second kappa shape index (κ2) is 6.03. The predicted octanol–water partition coefficient (Wildman–Crippen LogP) is 0.853. The maximum Gasteiger partial charge on any atom is 0.174 e. The van der Waals surface area contributed by atoms with E-state index in [4.69, 9.17) is 5.11 Å². The van der Waals surface area contributed by atoms with Gasteiger partial charge >= 0.3 is 0 Å². The zero-order chi connectivity index (χ0) is 10.4. The Morgan fingerprint density at radius 1 is 1.50 bits per heavy atom. The number of benzene rings is 1. The van der Waals surface area contributed by atoms with Crippen LogP contribution in [0.2, 0.25) is 0 Å². The van der Waals surface area contributed by atoms with Gasteiger partial charge in [0.25, 0.3) is 0 Å². The quantitative estimate of drug-likeness (QED) is 0.713. The normalized spacial score (nSPS) is 12.8. The molecule has 0 aliphatic heterocycles. The molecule has 1 unspecified atom stereocenters. The Kier molecular flexibility index (Phi) is 4.97. The van der Waals surface area contributed by atoms with Crippen LogP contribution in [0.3, 0.4) is 0 Å². The first kappa shape index (κ1) is 11.5. The molecule has 1 atom stereocenters. The summed E-state index contributed by atoms with van der Waals surface area (Å²) in [7, 11) is 0. The molecule has 0 aliphatic carbocycles. The van der Waals surface area contributed by atoms with Crippen LogP contribution in [0, 0.1) is 0 Å². The van der Waals surface area contributed by atoms with Gasteiger partial charge in [-0.1, -0.05) is 19.1 Å². The molecule has 0 heterocycles. The lowest BCUT2D eigenvalue weighted by atomic mass is 10.2. The lowest BCUT2D eigenvalue weighted by Crippen LogP contribution is -2.26. The van der Waals surface area contributed by atoms with Gasteiger partial charge in [-0.15, -0.1) is 4.72 Å². The number of hydrogen-bond acceptors (Lipinski definition) is 3. The van der Waals surface area contributed by atoms with E-state index in [1.54, 1.807) is 0 Å². The molecule has 0 radical (unpaired) electrons. The Hall–Kier alpha value is -0.550. The van der Waals surface area contributed by atoms with Gasteiger partial charge in [0.15, 0.2) is 4.90 Å². The second-order valence-corrected chi connectivity index (χ2v) is 4.19. The zero-order valence-electron chi connectivity index (χ0n) is 8.19. The van der Waals surface area contributed by atoms with E-state index in [0.717, 1.165) is 11.3 Å². The van der Waals surface area contributed by atoms with Crippen LogP contribution in [0.25, 0.3) is 0 Å². The smallest absolute Gasteiger partial charge is 0.174 e. The van der Waals surface area contributed by atoms with Crippen LogP contribution in [0.4, 0.5) is 0 Å². The van der Waals surface area contributed by atoms with Crippen molar-refractivity contribution >= 4 is 11.4 Å². The molecule has 0 amide bonds. The largest absolute Gasteiger partial charge is 0.593 e. The Balaban J connectivity index is 2.64. The Labute approximate surface area is 87.5 Å². The number of aryl methyl sites for hydroxylation is 1. The third-order valence-corrected chi connectivity index (χ3v) is 3.01. The van der Waals surface area contributed by atoms with E-state index >= 15 is 0 Å². The van der Waals surface area contributed by atoms with Gasteiger partial charge in [0.2, 0.25) is 0 Å². The highest BCUT2D eigenvalue weighted by molar-refractivity contribution is 7.89. The van der Waals surface area contributed by atoms with E-state index in [-0.39, 0.29) is 6.61 Å². The van der Waals surface area contributed by atoms with E-state index in [0.29, 0.717) is 6.54 Å². The lowest BCUT2D eigenvalue weighted by molar-refractivity contribution is 0.301. The Morgan fingerprint density at radius 3 is 2.93 bits per heavy atom. The molecule has 0 saturated heterocycles. The third kappa shape index (κ3) is 3.31. The first-order chi connectivity index (χ1) is 6.77. The first-order valence-corrected chi connectivity index (χ1v) is 5.78. The molecule has 1 aromatic rings. The summed E-state index contributed by atoms with van der Waals surface area (Å²) in [6.45, 7) is 2.41. The molecular formula is C10H15NO2S. The SMILES string of the molecule is CCc1cccc([S+]([O-])NCCO)c1. The topological polar surface area (TPSA) is 55.3 Å². The zero-order valence-corrected chi connectivity index (χ0v) is 9.01. The van der Waals surface area contributed by atoms with Gasteiger partial charge in [0.05, 0.1) is 24.5 Å². The van der Waals surface area contributed by atoms with Crippen molar-refractivity contribution in [2.45, 2.75) is 18.2 Å². The summed E-state index contributed by atoms with van der Waals surface area (Å²) in [5.74, 6) is 0. The van der Waals surface area contributed by atoms with Gasteiger partial charge in [0.1, 0.15) is 0 Å². The van der Waals surface area contributed by atoms with Crippen LogP contribution >= 0.6 is 0 Å². The molecule has 78 valence electrons. The van der Waals surface area contributed by atoms with Crippen molar-refractivity contribution in [3.63, 3.8) is 0 Å². The monoisotopic (exact) mass is 213 g/mol. The molecular weight excluding hydrogens is 198 g/mol. The summed E-state index contributed by atoms with van der Waals surface area (Å²) >= 11 is -1.21. The fraction of sp³-hybridized carbons (Fsp3) is 0.400. The average molecular weight is 213 g/mol. The highest BCUT2D eigenvalue weighted by atomic mass is 32.2. The molecule has 1 aromatic carbocycles. The van der Waals surface area contributed by atoms with Gasteiger partial charge < -0.3 is 9.66 Å². The average Bonchev–Trinajstić information content (AvgIpc) is 2.26. The van der Waals surface area contributed by atoms with Crippen LogP contribution < -0.4 is 4.72 Å². The predicted molar refractivity (Wildman–Crippen MR) is 57.3 cm³/mol. The van der Waals surface area contributed by atoms with E-state index in [1.807, 2.05) is 24.3 Å². The summed E-state index contributed by atoms with van der Waals surface area (Å²) in [5, 5.41) is 8.57. The number of hydrogen-bond donors (Lipinski definition) is 2. The maximum atomic E-state index is 11.6. The molecule has 3 nitrogen and oxygen atoms in total. The van der Waals surface area contributed by atoms with Crippen molar-refractivity contribution in [3.8, 4) is 0 Å². The summed E-state index contributed by atoms with van der Waals surface area (Å²) in [5.41, 5.74) is 1.17. The Morgan fingerprint density at radius 2 is 2.29 bits per heavy atom. The minimum atomic E-state index is -1.21. The van der Waals surface area contributed by atoms with Gasteiger partial charge in [-0.05, 0) is 24.1 Å². The molecule has 2 N–H and O–H groups in total. The first-order valence-electron chi connectivity index (χ1n) is 4.63. The van der Waals surface area contributed by atoms with Crippen LogP contribution in [0.15, 0.2) is 29.2 Å². The molecule has 0 aromatic heterocycles. The second-order valence-electron chi connectivity index (χ2n) is 2.89. The maximum absolute atomic E-state index is 11.6. The van der Waals surface area contributed by atoms with Gasteiger partial charge in [-0.25, -0.2) is 0 Å². The Bertz CT molecular complexity index is 281. The molecule has 0 fully saturated rings. The highest BCUT2D eigenvalue weighted by Crippen LogP contribution is 2.11. The third-order valence-electron chi connectivity index (χ3n) is 1.87. The van der Waals surface area contributed by atoms with Crippen LogP contribution in [-0.2, 0) is 17.8 Å². The van der Waals surface area contributed by atoms with E-state index in [2.05, 4.69) is 11.6 Å². The van der Waals surface area contributed by atoms with Crippen molar-refractivity contribution in [1.82, 2.24) is 4.72 Å². The molecule has 14 heavy (non-hydrogen) atoms. The van der Waals surface area contributed by atoms with Crippen LogP contribution in [0.1, 0.15) is 12.5 Å². The number of aliphatic hydroxyl groups excluding tert-OH is 1. The standard InChI is InChI=1S/C10H15NO2S/c1-2-9-4-3-5-10(8-9)14(13)11-6-7-12/h3-5,8,11-12H,2,6-7H2,1H3. The number of nitrogens with one attached hydrogen (secondary N) is 1. The molecule has 0 saturated carbocycles. The minimum Gasteiger partial charge on any atom is -0.593 e. The van der Waals surface area contributed by atoms with Crippen molar-refractivity contribution in [2.24, 2.45) is 0 Å². The molecule has 4 heteroatoms. The minimum absolute atomic E-state index is 0.000785. The van der Waals surface area contributed by atoms with Crippen LogP contribution in [-0.4, -0.2) is 22.8 Å². The summed E-state index contributed by atoms with van der Waals surface area (Å²) in [6.07, 6.45) is 0.936. The molecule has 0 aliphatic rings. The van der Waals surface area contributed by atoms with Crippen molar-refractivity contribution in [3.05, 3.63) is 29.8 Å². The summed E-state index contributed by atoms with van der Waals surface area (Å²) < 4.78 is 14.3. The molecule has 0 spiro atoms. The van der Waals surface area contributed by atoms with Crippen molar-refractivity contribution in [1.29, 1.82) is 0 Å². The van der Waals surface area contributed by atoms with E-state index < -0.39 is 11.4 Å². The van der Waals surface area contributed by atoms with Gasteiger partial charge in [-0.3, -0.25) is 0 Å². The van der Waals surface area contributed by atoms with E-state index in [1.165, 1.54) is 5.56 Å². The fourth-order valence-electron chi connectivity index (χ4n) is 1.10. The van der Waals surface area contributed by atoms with Gasteiger partial charge in [-0.2, -0.15) is 0 Å². The van der Waals surface area contributed by atoms with E-state index in [9.17, 15) is 4.55 Å². The number of aliphatic hydroxyl groups is 1. The molecule has 0 bridgehead atoms. The van der Waals surface area contributed by atoms with Crippen molar-refractivity contribution in [2.75, 3.05) is 13.2 Å². The lowest BCUT2D eigenvalue weighted by Gasteiger charge is -2.10. The summed E-state index contributed by atoms with van der Waals surface area (Å²) in [4.78, 5) is 0.762. The highest BCUT2D eigenvalue weighted by Gasteiger charge is 2.09. The number of rotatable bonds is 5. The van der Waals surface area contributed by atoms with Crippen LogP contribution in [0.5, 0.6) is 0 Å². The van der Waals surface area contributed by atoms with Gasteiger partial charge in [0, 0.05) is 0 Å².